The minimum Gasteiger partial charge on any atom is -0.611 e. The van der Waals surface area contributed by atoms with Crippen LogP contribution in [0.15, 0.2) is 83.8 Å². The van der Waals surface area contributed by atoms with E-state index in [2.05, 4.69) is 49.0 Å². The van der Waals surface area contributed by atoms with Gasteiger partial charge in [0, 0.05) is 54.8 Å². The molecule has 2 aromatic heterocycles. The molecule has 0 aliphatic carbocycles. The van der Waals surface area contributed by atoms with Gasteiger partial charge >= 0.3 is 0 Å². The third-order valence-electron chi connectivity index (χ3n) is 9.16. The maximum absolute atomic E-state index is 13.4. The van der Waals surface area contributed by atoms with E-state index in [1.807, 2.05) is 60.2 Å². The molecule has 1 fully saturated rings. The van der Waals surface area contributed by atoms with Gasteiger partial charge in [0.2, 0.25) is 0 Å². The molecule has 10 heteroatoms. The summed E-state index contributed by atoms with van der Waals surface area (Å²) in [6, 6.07) is 17.3. The van der Waals surface area contributed by atoms with Gasteiger partial charge < -0.3 is 28.8 Å². The zero-order chi connectivity index (χ0) is 35.5. The number of anilines is 2. The fourth-order valence-corrected chi connectivity index (χ4v) is 7.08. The molecule has 5 rings (SSSR count). The van der Waals surface area contributed by atoms with Crippen LogP contribution in [-0.2, 0) is 33.0 Å². The van der Waals surface area contributed by atoms with Crippen LogP contribution in [0.1, 0.15) is 65.1 Å². The predicted molar refractivity (Wildman–Crippen MR) is 203 cm³/mol. The highest BCUT2D eigenvalue weighted by Crippen LogP contribution is 2.33. The molecule has 4 aromatic rings. The number of rotatable bonds is 17. The third-order valence-corrected chi connectivity index (χ3v) is 10.5. The number of imidazole rings is 1. The smallest absolute Gasteiger partial charge is 0.251 e. The van der Waals surface area contributed by atoms with Crippen molar-refractivity contribution in [3.8, 4) is 16.9 Å². The van der Waals surface area contributed by atoms with Crippen LogP contribution in [0.25, 0.3) is 17.2 Å². The van der Waals surface area contributed by atoms with Crippen LogP contribution in [0.4, 0.5) is 11.5 Å². The number of benzene rings is 2. The van der Waals surface area contributed by atoms with E-state index in [1.165, 1.54) is 0 Å². The molecule has 0 saturated carbocycles. The summed E-state index contributed by atoms with van der Waals surface area (Å²) in [5.41, 5.74) is 5.03. The number of ether oxygens (including phenoxy) is 2. The van der Waals surface area contributed by atoms with Crippen LogP contribution in [0, 0.1) is 11.8 Å². The van der Waals surface area contributed by atoms with Crippen LogP contribution in [0.5, 0.6) is 5.75 Å². The Balaban J connectivity index is 1.28. The molecule has 1 saturated heterocycles. The Morgan fingerprint density at radius 2 is 1.72 bits per heavy atom. The number of aryl methyl sites for hydroxylation is 1. The van der Waals surface area contributed by atoms with Crippen molar-refractivity contribution in [2.24, 2.45) is 11.8 Å². The largest absolute Gasteiger partial charge is 0.611 e. The number of hydrogen-bond acceptors (Lipinski definition) is 7. The molecular weight excluding hydrogens is 647 g/mol. The summed E-state index contributed by atoms with van der Waals surface area (Å²) in [6.45, 7) is 15.2. The molecule has 3 heterocycles. The Hall–Kier alpha value is -4.12. The highest BCUT2D eigenvalue weighted by molar-refractivity contribution is 7.90. The number of nitrogens with zero attached hydrogens (tertiary/aromatic N) is 4. The molecule has 1 aliphatic heterocycles. The van der Waals surface area contributed by atoms with Crippen molar-refractivity contribution in [2.75, 3.05) is 43.1 Å². The van der Waals surface area contributed by atoms with Crippen molar-refractivity contribution < 1.29 is 18.8 Å². The summed E-state index contributed by atoms with van der Waals surface area (Å²) >= 11 is -1.22. The normalized spacial score (nSPS) is 16.8. The second kappa shape index (κ2) is 18.2. The van der Waals surface area contributed by atoms with E-state index in [-0.39, 0.29) is 5.91 Å². The highest BCUT2D eigenvalue weighted by atomic mass is 32.2. The maximum Gasteiger partial charge on any atom is 0.251 e. The first-order chi connectivity index (χ1) is 24.2. The van der Waals surface area contributed by atoms with Gasteiger partial charge in [-0.3, -0.25) is 4.79 Å². The van der Waals surface area contributed by atoms with E-state index in [1.54, 1.807) is 24.7 Å². The number of nitrogens with one attached hydrogen (secondary N) is 1. The lowest BCUT2D eigenvalue weighted by molar-refractivity contribution is -0.112. The molecule has 3 atom stereocenters. The molecule has 0 radical (unpaired) electrons. The monoisotopic (exact) mass is 697 g/mol. The first-order valence-corrected chi connectivity index (χ1v) is 19.1. The number of carbonyl (C=O) groups excluding carboxylic acids is 1. The van der Waals surface area contributed by atoms with Crippen molar-refractivity contribution in [3.05, 3.63) is 90.1 Å². The zero-order valence-electron chi connectivity index (χ0n) is 30.1. The molecule has 1 N–H and O–H groups in total. The molecule has 50 heavy (non-hydrogen) atoms. The fraction of sp³-hybridized carbons (Fsp3) is 0.425. The number of aromatic nitrogens is 3. The number of unbranched alkanes of at least 4 members (excludes halogenated alkanes) is 1. The van der Waals surface area contributed by atoms with Gasteiger partial charge in [0.25, 0.3) is 5.91 Å². The van der Waals surface area contributed by atoms with E-state index in [0.29, 0.717) is 47.0 Å². The van der Waals surface area contributed by atoms with Crippen LogP contribution in [-0.4, -0.2) is 57.9 Å². The van der Waals surface area contributed by atoms with Crippen molar-refractivity contribution in [3.63, 3.8) is 0 Å². The minimum absolute atomic E-state index is 0.206. The van der Waals surface area contributed by atoms with Gasteiger partial charge in [0.05, 0.1) is 24.8 Å². The number of hydrogen-bond donors (Lipinski definition) is 1. The molecule has 1 amide bonds. The molecule has 266 valence electrons. The van der Waals surface area contributed by atoms with Gasteiger partial charge in [-0.05, 0) is 96.9 Å². The second-order valence-electron chi connectivity index (χ2n) is 13.2. The molecule has 1 aliphatic rings. The second-order valence-corrected chi connectivity index (χ2v) is 14.7. The average molecular weight is 698 g/mol. The van der Waals surface area contributed by atoms with E-state index in [0.717, 1.165) is 79.5 Å². The topological polar surface area (TPSA) is 105 Å². The van der Waals surface area contributed by atoms with Gasteiger partial charge in [0.1, 0.15) is 18.2 Å². The van der Waals surface area contributed by atoms with Gasteiger partial charge in [-0.1, -0.05) is 46.2 Å². The molecular formula is C40H51N5O4S. The molecule has 0 spiro atoms. The standard InChI is InChI=1S/C40H51N5O4S/c1-6-8-18-48-19-20-49-37-13-9-32(10-14-37)34-22-33(39(42-23-34)45-25-30(4)31(5)26-45)21-29(3)40(46)43-35-11-15-38(16-12-35)50(47)27-36-24-41-28-44(36)17-7-2/h9-16,21-24,28,30-31H,6-8,17-20,25-27H2,1-5H3,(H,43,46)/b29-21+/t30-,31?,50?/m1/s1. The maximum atomic E-state index is 13.4. The SMILES string of the molecule is CCCCOCCOc1ccc(-c2cnc(N3CC(C)[C@H](C)C3)c(/C=C(\C)C(=O)Nc3ccc([S+]([O-])Cc4cncn4CCC)cc3)c2)cc1. The summed E-state index contributed by atoms with van der Waals surface area (Å²) in [5, 5.41) is 3.01. The summed E-state index contributed by atoms with van der Waals surface area (Å²) in [6.07, 6.45) is 10.6. The summed E-state index contributed by atoms with van der Waals surface area (Å²) < 4.78 is 26.6. The number of carbonyl (C=O) groups is 1. The lowest BCUT2D eigenvalue weighted by Crippen LogP contribution is -2.22. The first kappa shape index (κ1) is 37.1. The van der Waals surface area contributed by atoms with Gasteiger partial charge in [0.15, 0.2) is 10.6 Å². The van der Waals surface area contributed by atoms with Crippen LogP contribution in [0.2, 0.25) is 0 Å². The van der Waals surface area contributed by atoms with E-state index in [9.17, 15) is 9.35 Å². The van der Waals surface area contributed by atoms with Gasteiger partial charge in [-0.15, -0.1) is 0 Å². The van der Waals surface area contributed by atoms with Gasteiger partial charge in [-0.25, -0.2) is 9.97 Å². The number of amides is 1. The lowest BCUT2D eigenvalue weighted by Gasteiger charge is -2.21. The van der Waals surface area contributed by atoms with E-state index in [4.69, 9.17) is 14.5 Å². The molecule has 9 nitrogen and oxygen atoms in total. The molecule has 0 bridgehead atoms. The van der Waals surface area contributed by atoms with Crippen LogP contribution in [0.3, 0.4) is 0 Å². The number of pyridine rings is 1. The summed E-state index contributed by atoms with van der Waals surface area (Å²) in [5.74, 6) is 2.97. The lowest BCUT2D eigenvalue weighted by atomic mass is 10.0. The minimum atomic E-state index is -1.22. The first-order valence-electron chi connectivity index (χ1n) is 17.8. The van der Waals surface area contributed by atoms with Crippen molar-refractivity contribution in [1.29, 1.82) is 0 Å². The van der Waals surface area contributed by atoms with Crippen LogP contribution < -0.4 is 15.0 Å². The molecule has 2 aromatic carbocycles. The Labute approximate surface area is 300 Å². The Morgan fingerprint density at radius 1 is 0.980 bits per heavy atom. The Kier molecular flexibility index (Phi) is 13.5. The van der Waals surface area contributed by atoms with Crippen molar-refractivity contribution >= 4 is 34.7 Å². The van der Waals surface area contributed by atoms with Crippen molar-refractivity contribution in [1.82, 2.24) is 14.5 Å². The average Bonchev–Trinajstić information content (AvgIpc) is 3.70. The summed E-state index contributed by atoms with van der Waals surface area (Å²) in [7, 11) is 0. The zero-order valence-corrected chi connectivity index (χ0v) is 30.9. The van der Waals surface area contributed by atoms with E-state index >= 15 is 0 Å². The predicted octanol–water partition coefficient (Wildman–Crippen LogP) is 7.99. The molecule has 2 unspecified atom stereocenters. The highest BCUT2D eigenvalue weighted by Gasteiger charge is 2.28. The fourth-order valence-electron chi connectivity index (χ4n) is 5.96. The Morgan fingerprint density at radius 3 is 2.42 bits per heavy atom. The van der Waals surface area contributed by atoms with E-state index < -0.39 is 11.2 Å². The van der Waals surface area contributed by atoms with Crippen molar-refractivity contribution in [2.45, 2.75) is 71.1 Å². The summed E-state index contributed by atoms with van der Waals surface area (Å²) in [4.78, 5) is 25.6. The van der Waals surface area contributed by atoms with Gasteiger partial charge in [-0.2, -0.15) is 0 Å². The van der Waals surface area contributed by atoms with Crippen LogP contribution >= 0.6 is 0 Å². The Bertz CT molecular complexity index is 1700. The third kappa shape index (κ3) is 9.99. The quantitative estimate of drug-likeness (QED) is 0.0678.